The fourth-order valence-electron chi connectivity index (χ4n) is 4.31. The summed E-state index contributed by atoms with van der Waals surface area (Å²) in [6.07, 6.45) is 33.9. The molecule has 0 amide bonds. The Morgan fingerprint density at radius 3 is 1.93 bits per heavy atom. The van der Waals surface area contributed by atoms with Gasteiger partial charge in [-0.3, -0.25) is 9.59 Å². The van der Waals surface area contributed by atoms with Crippen molar-refractivity contribution >= 4 is 17.9 Å². The zero-order valence-electron chi connectivity index (χ0n) is 29.2. The third-order valence-corrected chi connectivity index (χ3v) is 6.95. The molecule has 0 aromatic rings. The second-order valence-electron chi connectivity index (χ2n) is 12.1. The van der Waals surface area contributed by atoms with Gasteiger partial charge in [-0.05, 0) is 57.8 Å². The molecular formula is C38H62NO7+. The van der Waals surface area contributed by atoms with E-state index >= 15 is 0 Å². The summed E-state index contributed by atoms with van der Waals surface area (Å²) < 4.78 is 17.0. The topological polar surface area (TPSA) is 99.1 Å². The zero-order valence-corrected chi connectivity index (χ0v) is 29.2. The fraction of sp³-hybridized carbons (Fsp3) is 0.605. The van der Waals surface area contributed by atoms with Crippen molar-refractivity contribution in [3.63, 3.8) is 0 Å². The SMILES string of the molecule is CC/C=C/C=C/C=C/C=C/CCCCCC(=O)OC(COCCC(C(=O)O)[N+](C)(C)C)COC(=O)CCCC/C=C/C/C=C/CC. The maximum atomic E-state index is 12.6. The van der Waals surface area contributed by atoms with Crippen molar-refractivity contribution in [2.75, 3.05) is 41.0 Å². The number of unbranched alkanes of at least 4 members (excludes halogenated alkanes) is 5. The standard InChI is InChI=1S/C38H61NO7/c1-6-8-10-12-14-16-17-18-19-21-23-25-27-29-37(41)46-34(32-44-31-30-35(38(42)43)39(3,4)5)33-45-36(40)28-26-24-22-20-15-13-11-9-7-2/h8-12,14-20,34-35H,6-7,13,21-33H2,1-5H3/p+1/b10-8+,11-9+,14-12+,17-16+,19-18+,20-15+. The zero-order chi connectivity index (χ0) is 34.3. The van der Waals surface area contributed by atoms with Crippen LogP contribution in [0.15, 0.2) is 72.9 Å². The number of rotatable bonds is 28. The first-order chi connectivity index (χ1) is 22.1. The average Bonchev–Trinajstić information content (AvgIpc) is 3.00. The van der Waals surface area contributed by atoms with Gasteiger partial charge in [-0.2, -0.15) is 0 Å². The Morgan fingerprint density at radius 1 is 0.674 bits per heavy atom. The second kappa shape index (κ2) is 29.2. The van der Waals surface area contributed by atoms with Crippen LogP contribution in [0.1, 0.15) is 97.3 Å². The third kappa shape index (κ3) is 27.1. The van der Waals surface area contributed by atoms with E-state index in [1.807, 2.05) is 57.6 Å². The number of hydrogen-bond acceptors (Lipinski definition) is 6. The summed E-state index contributed by atoms with van der Waals surface area (Å²) in [7, 11) is 5.47. The summed E-state index contributed by atoms with van der Waals surface area (Å²) in [5, 5.41) is 9.55. The molecular weight excluding hydrogens is 582 g/mol. The number of nitrogens with zero attached hydrogens (tertiary/aromatic N) is 1. The van der Waals surface area contributed by atoms with Crippen molar-refractivity contribution in [2.45, 2.75) is 109 Å². The minimum absolute atomic E-state index is 0.0299. The number of carbonyl (C=O) groups excluding carboxylic acids is 2. The molecule has 46 heavy (non-hydrogen) atoms. The molecule has 2 unspecified atom stereocenters. The van der Waals surface area contributed by atoms with Gasteiger partial charge >= 0.3 is 17.9 Å². The highest BCUT2D eigenvalue weighted by Gasteiger charge is 2.31. The van der Waals surface area contributed by atoms with Crippen LogP contribution in [0.3, 0.4) is 0 Å². The molecule has 0 saturated carbocycles. The summed E-state index contributed by atoms with van der Waals surface area (Å²) in [6.45, 7) is 4.34. The van der Waals surface area contributed by atoms with Crippen molar-refractivity contribution < 1.29 is 38.2 Å². The van der Waals surface area contributed by atoms with Crippen LogP contribution in [0.25, 0.3) is 0 Å². The van der Waals surface area contributed by atoms with E-state index in [-0.39, 0.29) is 42.7 Å². The smallest absolute Gasteiger partial charge is 0.362 e. The van der Waals surface area contributed by atoms with Gasteiger partial charge in [0, 0.05) is 19.3 Å². The first kappa shape index (κ1) is 42.8. The number of carboxylic acids is 1. The Bertz CT molecular complexity index is 985. The van der Waals surface area contributed by atoms with Crippen LogP contribution in [0.2, 0.25) is 0 Å². The number of hydrogen-bond donors (Lipinski definition) is 1. The van der Waals surface area contributed by atoms with Crippen molar-refractivity contribution in [3.8, 4) is 0 Å². The number of allylic oxidation sites excluding steroid dienone is 12. The summed E-state index contributed by atoms with van der Waals surface area (Å²) in [4.78, 5) is 36.6. The Balaban J connectivity index is 4.62. The number of likely N-dealkylation sites (N-methyl/N-ethyl adjacent to an activating group) is 1. The molecule has 0 spiro atoms. The van der Waals surface area contributed by atoms with Gasteiger partial charge in [-0.25, -0.2) is 4.79 Å². The molecule has 0 aliphatic rings. The van der Waals surface area contributed by atoms with Crippen LogP contribution >= 0.6 is 0 Å². The van der Waals surface area contributed by atoms with E-state index in [0.717, 1.165) is 57.8 Å². The Hall–Kier alpha value is -3.23. The van der Waals surface area contributed by atoms with Crippen LogP contribution in [0, 0.1) is 0 Å². The third-order valence-electron chi connectivity index (χ3n) is 6.95. The van der Waals surface area contributed by atoms with Gasteiger partial charge in [0.2, 0.25) is 0 Å². The van der Waals surface area contributed by atoms with Gasteiger partial charge in [0.1, 0.15) is 6.61 Å². The molecule has 0 heterocycles. The number of carboxylic acid groups (broad SMARTS) is 1. The van der Waals surface area contributed by atoms with Gasteiger partial charge < -0.3 is 23.8 Å². The molecule has 2 atom stereocenters. The highest BCUT2D eigenvalue weighted by molar-refractivity contribution is 5.72. The average molecular weight is 645 g/mol. The monoisotopic (exact) mass is 644 g/mol. The van der Waals surface area contributed by atoms with Gasteiger partial charge in [0.15, 0.2) is 12.1 Å². The van der Waals surface area contributed by atoms with E-state index in [1.54, 1.807) is 0 Å². The van der Waals surface area contributed by atoms with E-state index in [0.29, 0.717) is 19.3 Å². The number of quaternary nitrogens is 1. The minimum Gasteiger partial charge on any atom is -0.477 e. The van der Waals surface area contributed by atoms with E-state index in [4.69, 9.17) is 14.2 Å². The molecule has 0 aromatic carbocycles. The summed E-state index contributed by atoms with van der Waals surface area (Å²) in [5.41, 5.74) is 0. The first-order valence-electron chi connectivity index (χ1n) is 17.0. The van der Waals surface area contributed by atoms with Crippen LogP contribution in [-0.2, 0) is 28.6 Å². The molecule has 0 bridgehead atoms. The lowest BCUT2D eigenvalue weighted by Gasteiger charge is -2.31. The van der Waals surface area contributed by atoms with Gasteiger partial charge in [0.25, 0.3) is 0 Å². The molecule has 260 valence electrons. The highest BCUT2D eigenvalue weighted by atomic mass is 16.6. The second-order valence-corrected chi connectivity index (χ2v) is 12.1. The van der Waals surface area contributed by atoms with Gasteiger partial charge in [0.05, 0.1) is 34.4 Å². The summed E-state index contributed by atoms with van der Waals surface area (Å²) >= 11 is 0. The van der Waals surface area contributed by atoms with E-state index < -0.39 is 18.1 Å². The van der Waals surface area contributed by atoms with Crippen LogP contribution in [-0.4, -0.2) is 80.6 Å². The normalized spacial score (nSPS) is 14.0. The van der Waals surface area contributed by atoms with E-state index in [1.165, 1.54) is 0 Å². The van der Waals surface area contributed by atoms with E-state index in [2.05, 4.69) is 50.3 Å². The largest absolute Gasteiger partial charge is 0.477 e. The Labute approximate surface area is 279 Å². The van der Waals surface area contributed by atoms with Crippen molar-refractivity contribution in [2.24, 2.45) is 0 Å². The molecule has 0 fully saturated rings. The molecule has 0 aromatic heterocycles. The number of ether oxygens (including phenoxy) is 3. The first-order valence-corrected chi connectivity index (χ1v) is 17.0. The lowest BCUT2D eigenvalue weighted by molar-refractivity contribution is -0.887. The Morgan fingerprint density at radius 2 is 1.26 bits per heavy atom. The van der Waals surface area contributed by atoms with Crippen molar-refractivity contribution in [1.82, 2.24) is 0 Å². The van der Waals surface area contributed by atoms with Crippen LogP contribution in [0.4, 0.5) is 0 Å². The number of carbonyl (C=O) groups is 3. The van der Waals surface area contributed by atoms with Crippen molar-refractivity contribution in [3.05, 3.63) is 72.9 Å². The van der Waals surface area contributed by atoms with Crippen molar-refractivity contribution in [1.29, 1.82) is 0 Å². The highest BCUT2D eigenvalue weighted by Crippen LogP contribution is 2.11. The molecule has 8 heteroatoms. The maximum Gasteiger partial charge on any atom is 0.362 e. The lowest BCUT2D eigenvalue weighted by atomic mass is 10.1. The maximum absolute atomic E-state index is 12.6. The molecule has 1 N–H and O–H groups in total. The molecule has 8 nitrogen and oxygen atoms in total. The predicted octanol–water partition coefficient (Wildman–Crippen LogP) is 8.07. The Kier molecular flexibility index (Phi) is 27.1. The molecule has 0 aliphatic carbocycles. The van der Waals surface area contributed by atoms with Crippen LogP contribution < -0.4 is 0 Å². The van der Waals surface area contributed by atoms with E-state index in [9.17, 15) is 19.5 Å². The molecule has 0 radical (unpaired) electrons. The van der Waals surface area contributed by atoms with Crippen LogP contribution in [0.5, 0.6) is 0 Å². The van der Waals surface area contributed by atoms with Gasteiger partial charge in [-0.15, -0.1) is 0 Å². The summed E-state index contributed by atoms with van der Waals surface area (Å²) in [5.74, 6) is -1.59. The lowest BCUT2D eigenvalue weighted by Crippen LogP contribution is -2.50. The molecule has 0 rings (SSSR count). The predicted molar refractivity (Wildman–Crippen MR) is 187 cm³/mol. The quantitative estimate of drug-likeness (QED) is 0.0302. The number of aliphatic carboxylic acids is 1. The summed E-state index contributed by atoms with van der Waals surface area (Å²) in [6, 6.07) is -0.628. The number of esters is 2. The fourth-order valence-corrected chi connectivity index (χ4v) is 4.31. The van der Waals surface area contributed by atoms with Gasteiger partial charge in [-0.1, -0.05) is 93.2 Å². The molecule has 0 aliphatic heterocycles. The minimum atomic E-state index is -0.892. The molecule has 0 saturated heterocycles.